The summed E-state index contributed by atoms with van der Waals surface area (Å²) in [5, 5.41) is 2.77. The molecule has 0 radical (unpaired) electrons. The molecule has 2 aromatic carbocycles. The van der Waals surface area contributed by atoms with Crippen LogP contribution in [0.1, 0.15) is 17.5 Å². The molecule has 1 N–H and O–H groups in total. The van der Waals surface area contributed by atoms with E-state index >= 15 is 0 Å². The summed E-state index contributed by atoms with van der Waals surface area (Å²) in [4.78, 5) is 24.3. The van der Waals surface area contributed by atoms with E-state index in [-0.39, 0.29) is 5.91 Å². The molecule has 1 atom stereocenters. The summed E-state index contributed by atoms with van der Waals surface area (Å²) in [6, 6.07) is 16.4. The molecule has 0 unspecified atom stereocenters. The first-order chi connectivity index (χ1) is 12.1. The first-order valence-corrected chi connectivity index (χ1v) is 8.17. The van der Waals surface area contributed by atoms with Crippen molar-refractivity contribution in [2.45, 2.75) is 25.3 Å². The van der Waals surface area contributed by atoms with Crippen molar-refractivity contribution < 1.29 is 19.1 Å². The second-order valence-electron chi connectivity index (χ2n) is 5.64. The molecule has 5 heteroatoms. The molecule has 0 aliphatic carbocycles. The van der Waals surface area contributed by atoms with Gasteiger partial charge in [0.05, 0.1) is 14.2 Å². The SMILES string of the molecule is COC(=O)[C@H](Cc1ccccc1OC)NC(=O)CCc1ccccc1. The van der Waals surface area contributed by atoms with Gasteiger partial charge in [-0.2, -0.15) is 0 Å². The predicted molar refractivity (Wildman–Crippen MR) is 95.4 cm³/mol. The van der Waals surface area contributed by atoms with Gasteiger partial charge in [-0.05, 0) is 23.6 Å². The summed E-state index contributed by atoms with van der Waals surface area (Å²) in [5.74, 6) is 0.0167. The number of carbonyl (C=O) groups is 2. The third-order valence-corrected chi connectivity index (χ3v) is 3.92. The Kier molecular flexibility index (Phi) is 7.01. The molecule has 0 aliphatic heterocycles. The molecule has 25 heavy (non-hydrogen) atoms. The number of para-hydroxylation sites is 1. The molecule has 0 aromatic heterocycles. The first kappa shape index (κ1) is 18.5. The number of esters is 1. The summed E-state index contributed by atoms with van der Waals surface area (Å²) in [6.45, 7) is 0. The van der Waals surface area contributed by atoms with E-state index in [1.807, 2.05) is 54.6 Å². The van der Waals surface area contributed by atoms with Crippen LogP contribution in [0.2, 0.25) is 0 Å². The Balaban J connectivity index is 1.99. The fourth-order valence-electron chi connectivity index (χ4n) is 2.60. The molecule has 0 fully saturated rings. The second-order valence-corrected chi connectivity index (χ2v) is 5.64. The number of amides is 1. The van der Waals surface area contributed by atoms with Crippen LogP contribution in [0.5, 0.6) is 5.75 Å². The normalized spacial score (nSPS) is 11.4. The Labute approximate surface area is 148 Å². The molecule has 0 saturated carbocycles. The maximum Gasteiger partial charge on any atom is 0.328 e. The molecular formula is C20H23NO4. The van der Waals surface area contributed by atoms with Crippen molar-refractivity contribution in [1.29, 1.82) is 0 Å². The first-order valence-electron chi connectivity index (χ1n) is 8.17. The van der Waals surface area contributed by atoms with Gasteiger partial charge in [-0.3, -0.25) is 4.79 Å². The molecule has 0 spiro atoms. The molecule has 2 aromatic rings. The van der Waals surface area contributed by atoms with Crippen molar-refractivity contribution in [2.75, 3.05) is 14.2 Å². The quantitative estimate of drug-likeness (QED) is 0.750. The second kappa shape index (κ2) is 9.47. The average molecular weight is 341 g/mol. The summed E-state index contributed by atoms with van der Waals surface area (Å²) < 4.78 is 10.1. The van der Waals surface area contributed by atoms with E-state index in [2.05, 4.69) is 5.32 Å². The lowest BCUT2D eigenvalue weighted by Crippen LogP contribution is -2.43. The van der Waals surface area contributed by atoms with Crippen LogP contribution in [0.15, 0.2) is 54.6 Å². The molecule has 2 rings (SSSR count). The summed E-state index contributed by atoms with van der Waals surface area (Å²) in [7, 11) is 2.89. The van der Waals surface area contributed by atoms with Gasteiger partial charge < -0.3 is 14.8 Å². The number of ether oxygens (including phenoxy) is 2. The molecule has 1 amide bonds. The monoisotopic (exact) mass is 341 g/mol. The number of hydrogen-bond donors (Lipinski definition) is 1. The maximum absolute atomic E-state index is 12.2. The van der Waals surface area contributed by atoms with Crippen LogP contribution in [-0.4, -0.2) is 32.1 Å². The lowest BCUT2D eigenvalue weighted by molar-refractivity contribution is -0.145. The van der Waals surface area contributed by atoms with Crippen molar-refractivity contribution in [3.05, 3.63) is 65.7 Å². The van der Waals surface area contributed by atoms with Crippen molar-refractivity contribution >= 4 is 11.9 Å². The van der Waals surface area contributed by atoms with Gasteiger partial charge in [0.15, 0.2) is 0 Å². The number of carbonyl (C=O) groups excluding carboxylic acids is 2. The van der Waals surface area contributed by atoms with Crippen LogP contribution in [0.25, 0.3) is 0 Å². The molecule has 5 nitrogen and oxygen atoms in total. The molecule has 0 heterocycles. The van der Waals surface area contributed by atoms with Crippen molar-refractivity contribution in [2.24, 2.45) is 0 Å². The summed E-state index contributed by atoms with van der Waals surface area (Å²) in [5.41, 5.74) is 1.92. The minimum absolute atomic E-state index is 0.186. The Hall–Kier alpha value is -2.82. The van der Waals surface area contributed by atoms with Crippen molar-refractivity contribution in [1.82, 2.24) is 5.32 Å². The van der Waals surface area contributed by atoms with Crippen LogP contribution in [-0.2, 0) is 27.2 Å². The highest BCUT2D eigenvalue weighted by atomic mass is 16.5. The van der Waals surface area contributed by atoms with E-state index in [0.29, 0.717) is 25.0 Å². The van der Waals surface area contributed by atoms with Gasteiger partial charge in [-0.25, -0.2) is 4.79 Å². The largest absolute Gasteiger partial charge is 0.496 e. The van der Waals surface area contributed by atoms with Crippen LogP contribution in [0.4, 0.5) is 0 Å². The van der Waals surface area contributed by atoms with Crippen LogP contribution < -0.4 is 10.1 Å². The van der Waals surface area contributed by atoms with Gasteiger partial charge in [-0.15, -0.1) is 0 Å². The minimum Gasteiger partial charge on any atom is -0.496 e. The number of rotatable bonds is 8. The Morgan fingerprint density at radius 1 is 1.00 bits per heavy atom. The highest BCUT2D eigenvalue weighted by Gasteiger charge is 2.23. The molecule has 132 valence electrons. The van der Waals surface area contributed by atoms with Gasteiger partial charge in [0, 0.05) is 12.8 Å². The van der Waals surface area contributed by atoms with Gasteiger partial charge in [0.2, 0.25) is 5.91 Å². The number of methoxy groups -OCH3 is 2. The Bertz CT molecular complexity index is 700. The maximum atomic E-state index is 12.2. The van der Waals surface area contributed by atoms with E-state index in [4.69, 9.17) is 9.47 Å². The average Bonchev–Trinajstić information content (AvgIpc) is 2.66. The fourth-order valence-corrected chi connectivity index (χ4v) is 2.60. The molecular weight excluding hydrogens is 318 g/mol. The van der Waals surface area contributed by atoms with E-state index in [1.54, 1.807) is 7.11 Å². The van der Waals surface area contributed by atoms with E-state index in [1.165, 1.54) is 7.11 Å². The zero-order chi connectivity index (χ0) is 18.1. The number of benzene rings is 2. The smallest absolute Gasteiger partial charge is 0.328 e. The van der Waals surface area contributed by atoms with Gasteiger partial charge in [0.1, 0.15) is 11.8 Å². The highest BCUT2D eigenvalue weighted by molar-refractivity contribution is 5.84. The minimum atomic E-state index is -0.746. The van der Waals surface area contributed by atoms with Crippen molar-refractivity contribution in [3.63, 3.8) is 0 Å². The Morgan fingerprint density at radius 2 is 1.68 bits per heavy atom. The standard InChI is InChI=1S/C20H23NO4/c1-24-18-11-7-6-10-16(18)14-17(20(23)25-2)21-19(22)13-12-15-8-4-3-5-9-15/h3-11,17H,12-14H2,1-2H3,(H,21,22)/t17-/m0/s1. The summed E-state index contributed by atoms with van der Waals surface area (Å²) >= 11 is 0. The van der Waals surface area contributed by atoms with Crippen LogP contribution in [0, 0.1) is 0 Å². The zero-order valence-corrected chi connectivity index (χ0v) is 14.5. The Morgan fingerprint density at radius 3 is 2.36 bits per heavy atom. The van der Waals surface area contributed by atoms with E-state index < -0.39 is 12.0 Å². The van der Waals surface area contributed by atoms with Gasteiger partial charge in [0.25, 0.3) is 0 Å². The fraction of sp³-hybridized carbons (Fsp3) is 0.300. The molecule has 0 bridgehead atoms. The number of nitrogens with one attached hydrogen (secondary N) is 1. The van der Waals surface area contributed by atoms with E-state index in [0.717, 1.165) is 11.1 Å². The predicted octanol–water partition coefficient (Wildman–Crippen LogP) is 2.53. The van der Waals surface area contributed by atoms with E-state index in [9.17, 15) is 9.59 Å². The van der Waals surface area contributed by atoms with Gasteiger partial charge in [-0.1, -0.05) is 48.5 Å². The van der Waals surface area contributed by atoms with Gasteiger partial charge >= 0.3 is 5.97 Å². The summed E-state index contributed by atoms with van der Waals surface area (Å²) in [6.07, 6.45) is 1.24. The van der Waals surface area contributed by atoms with Crippen LogP contribution >= 0.6 is 0 Å². The lowest BCUT2D eigenvalue weighted by Gasteiger charge is -2.18. The lowest BCUT2D eigenvalue weighted by atomic mass is 10.0. The molecule has 0 saturated heterocycles. The van der Waals surface area contributed by atoms with Crippen LogP contribution in [0.3, 0.4) is 0 Å². The zero-order valence-electron chi connectivity index (χ0n) is 14.5. The number of hydrogen-bond acceptors (Lipinski definition) is 4. The third-order valence-electron chi connectivity index (χ3n) is 3.92. The molecule has 0 aliphatic rings. The third kappa shape index (κ3) is 5.64. The van der Waals surface area contributed by atoms with Crippen molar-refractivity contribution in [3.8, 4) is 5.75 Å². The topological polar surface area (TPSA) is 64.6 Å². The highest BCUT2D eigenvalue weighted by Crippen LogP contribution is 2.19. The number of aryl methyl sites for hydroxylation is 1.